The molecule has 0 aromatic heterocycles. The third-order valence-electron chi connectivity index (χ3n) is 3.41. The number of nitrogens with zero attached hydrogens (tertiary/aromatic N) is 1. The third-order valence-corrected chi connectivity index (χ3v) is 3.41. The number of carbonyl (C=O) groups is 2. The van der Waals surface area contributed by atoms with Crippen LogP contribution in [-0.4, -0.2) is 43.5 Å². The second-order valence-corrected chi connectivity index (χ2v) is 4.55. The number of hydrogen-bond donors (Lipinski definition) is 1. The predicted molar refractivity (Wildman–Crippen MR) is 68.7 cm³/mol. The first kappa shape index (κ1) is 14.7. The molecule has 1 amide bonds. The second kappa shape index (κ2) is 7.16. The maximum atomic E-state index is 11.4. The zero-order valence-corrected chi connectivity index (χ0v) is 11.1. The molecular weight excluding hydrogens is 232 g/mol. The van der Waals surface area contributed by atoms with E-state index < -0.39 is 0 Å². The summed E-state index contributed by atoms with van der Waals surface area (Å²) < 4.78 is 4.70. The van der Waals surface area contributed by atoms with Gasteiger partial charge in [-0.15, -0.1) is 0 Å². The van der Waals surface area contributed by atoms with Crippen molar-refractivity contribution in [2.75, 3.05) is 26.7 Å². The lowest BCUT2D eigenvalue weighted by Crippen LogP contribution is -2.38. The van der Waals surface area contributed by atoms with Crippen molar-refractivity contribution in [1.29, 1.82) is 0 Å². The molecule has 0 spiro atoms. The van der Waals surface area contributed by atoms with E-state index in [0.717, 1.165) is 32.5 Å². The van der Waals surface area contributed by atoms with Gasteiger partial charge in [0.05, 0.1) is 7.11 Å². The van der Waals surface area contributed by atoms with Gasteiger partial charge in [0.2, 0.25) is 5.91 Å². The SMILES string of the molecule is CCC(=CCN1CCC(C(N)=O)CC1)C(=O)OC. The number of rotatable bonds is 5. The average molecular weight is 254 g/mol. The van der Waals surface area contributed by atoms with Gasteiger partial charge in [-0.3, -0.25) is 9.69 Å². The van der Waals surface area contributed by atoms with Crippen LogP contribution in [0.4, 0.5) is 0 Å². The Balaban J connectivity index is 2.43. The first-order chi connectivity index (χ1) is 8.58. The summed E-state index contributed by atoms with van der Waals surface area (Å²) in [7, 11) is 1.39. The lowest BCUT2D eigenvalue weighted by atomic mass is 9.96. The van der Waals surface area contributed by atoms with Crippen molar-refractivity contribution in [1.82, 2.24) is 4.90 Å². The average Bonchev–Trinajstić information content (AvgIpc) is 2.39. The van der Waals surface area contributed by atoms with E-state index in [4.69, 9.17) is 10.5 Å². The number of methoxy groups -OCH3 is 1. The molecule has 102 valence electrons. The molecule has 0 unspecified atom stereocenters. The fraction of sp³-hybridized carbons (Fsp3) is 0.692. The summed E-state index contributed by atoms with van der Waals surface area (Å²) in [5.41, 5.74) is 5.99. The Hall–Kier alpha value is -1.36. The van der Waals surface area contributed by atoms with Gasteiger partial charge in [-0.05, 0) is 32.4 Å². The molecular formula is C13H22N2O3. The molecule has 1 rings (SSSR count). The number of carbonyl (C=O) groups excluding carboxylic acids is 2. The van der Waals surface area contributed by atoms with E-state index in [1.807, 2.05) is 13.0 Å². The summed E-state index contributed by atoms with van der Waals surface area (Å²) in [5, 5.41) is 0. The number of amides is 1. The van der Waals surface area contributed by atoms with Crippen LogP contribution in [0, 0.1) is 5.92 Å². The first-order valence-electron chi connectivity index (χ1n) is 6.37. The molecule has 1 aliphatic rings. The molecule has 1 fully saturated rings. The van der Waals surface area contributed by atoms with Crippen LogP contribution in [0.25, 0.3) is 0 Å². The molecule has 0 aromatic rings. The standard InChI is InChI=1S/C13H22N2O3/c1-3-10(13(17)18-2)4-7-15-8-5-11(6-9-15)12(14)16/h4,11H,3,5-9H2,1-2H3,(H2,14,16). The van der Waals surface area contributed by atoms with Crippen molar-refractivity contribution in [2.24, 2.45) is 11.7 Å². The largest absolute Gasteiger partial charge is 0.466 e. The van der Waals surface area contributed by atoms with E-state index in [9.17, 15) is 9.59 Å². The monoisotopic (exact) mass is 254 g/mol. The molecule has 0 aromatic carbocycles. The smallest absolute Gasteiger partial charge is 0.333 e. The first-order valence-corrected chi connectivity index (χ1v) is 6.37. The normalized spacial score (nSPS) is 18.7. The molecule has 18 heavy (non-hydrogen) atoms. The van der Waals surface area contributed by atoms with Crippen molar-refractivity contribution in [2.45, 2.75) is 26.2 Å². The number of piperidine rings is 1. The Kier molecular flexibility index (Phi) is 5.85. The molecule has 1 aliphatic heterocycles. The highest BCUT2D eigenvalue weighted by atomic mass is 16.5. The molecule has 5 heteroatoms. The van der Waals surface area contributed by atoms with Crippen LogP contribution < -0.4 is 5.73 Å². The fourth-order valence-corrected chi connectivity index (χ4v) is 2.14. The van der Waals surface area contributed by atoms with E-state index in [-0.39, 0.29) is 17.8 Å². The van der Waals surface area contributed by atoms with Crippen LogP contribution in [0.5, 0.6) is 0 Å². The summed E-state index contributed by atoms with van der Waals surface area (Å²) in [6, 6.07) is 0. The number of likely N-dealkylation sites (tertiary alicyclic amines) is 1. The number of nitrogens with two attached hydrogens (primary N) is 1. The number of ether oxygens (including phenoxy) is 1. The lowest BCUT2D eigenvalue weighted by molar-refractivity contribution is -0.136. The Bertz CT molecular complexity index is 331. The van der Waals surface area contributed by atoms with Gasteiger partial charge in [0, 0.05) is 18.0 Å². The Morgan fingerprint density at radius 3 is 2.44 bits per heavy atom. The van der Waals surface area contributed by atoms with E-state index in [1.54, 1.807) is 0 Å². The predicted octanol–water partition coefficient (Wildman–Crippen LogP) is 0.693. The highest BCUT2D eigenvalue weighted by molar-refractivity contribution is 5.88. The van der Waals surface area contributed by atoms with Gasteiger partial charge in [0.15, 0.2) is 0 Å². The van der Waals surface area contributed by atoms with E-state index >= 15 is 0 Å². The molecule has 0 saturated carbocycles. The summed E-state index contributed by atoms with van der Waals surface area (Å²) in [4.78, 5) is 24.6. The zero-order valence-electron chi connectivity index (χ0n) is 11.1. The zero-order chi connectivity index (χ0) is 13.5. The highest BCUT2D eigenvalue weighted by Gasteiger charge is 2.22. The molecule has 0 atom stereocenters. The second-order valence-electron chi connectivity index (χ2n) is 4.55. The van der Waals surface area contributed by atoms with Crippen LogP contribution in [-0.2, 0) is 14.3 Å². The summed E-state index contributed by atoms with van der Waals surface area (Å²) in [6.45, 7) is 4.36. The van der Waals surface area contributed by atoms with Gasteiger partial charge < -0.3 is 10.5 Å². The molecule has 1 heterocycles. The number of esters is 1. The summed E-state index contributed by atoms with van der Waals surface area (Å²) in [6.07, 6.45) is 4.20. The van der Waals surface area contributed by atoms with Gasteiger partial charge >= 0.3 is 5.97 Å². The molecule has 1 saturated heterocycles. The van der Waals surface area contributed by atoms with E-state index in [0.29, 0.717) is 12.0 Å². The summed E-state index contributed by atoms with van der Waals surface area (Å²) in [5.74, 6) is -0.449. The van der Waals surface area contributed by atoms with Crippen molar-refractivity contribution in [3.63, 3.8) is 0 Å². The van der Waals surface area contributed by atoms with Gasteiger partial charge in [-0.1, -0.05) is 13.0 Å². The Morgan fingerprint density at radius 1 is 1.39 bits per heavy atom. The number of primary amides is 1. The van der Waals surface area contributed by atoms with E-state index in [1.165, 1.54) is 7.11 Å². The van der Waals surface area contributed by atoms with Gasteiger partial charge in [0.25, 0.3) is 0 Å². The van der Waals surface area contributed by atoms with Crippen LogP contribution >= 0.6 is 0 Å². The van der Waals surface area contributed by atoms with Crippen molar-refractivity contribution < 1.29 is 14.3 Å². The van der Waals surface area contributed by atoms with Gasteiger partial charge in [-0.2, -0.15) is 0 Å². The topological polar surface area (TPSA) is 72.6 Å². The van der Waals surface area contributed by atoms with Crippen LogP contribution in [0.2, 0.25) is 0 Å². The minimum Gasteiger partial charge on any atom is -0.466 e. The number of hydrogen-bond acceptors (Lipinski definition) is 4. The third kappa shape index (κ3) is 4.14. The molecule has 0 radical (unpaired) electrons. The Morgan fingerprint density at radius 2 is 2.00 bits per heavy atom. The minimum atomic E-state index is -0.260. The quantitative estimate of drug-likeness (QED) is 0.579. The minimum absolute atomic E-state index is 0.0106. The summed E-state index contributed by atoms with van der Waals surface area (Å²) >= 11 is 0. The lowest BCUT2D eigenvalue weighted by Gasteiger charge is -2.29. The van der Waals surface area contributed by atoms with Crippen molar-refractivity contribution in [3.05, 3.63) is 11.6 Å². The Labute approximate surface area is 108 Å². The van der Waals surface area contributed by atoms with E-state index in [2.05, 4.69) is 4.90 Å². The molecule has 0 bridgehead atoms. The van der Waals surface area contributed by atoms with Crippen LogP contribution in [0.15, 0.2) is 11.6 Å². The maximum absolute atomic E-state index is 11.4. The van der Waals surface area contributed by atoms with Crippen LogP contribution in [0.3, 0.4) is 0 Å². The van der Waals surface area contributed by atoms with Crippen LogP contribution in [0.1, 0.15) is 26.2 Å². The fourth-order valence-electron chi connectivity index (χ4n) is 2.14. The molecule has 5 nitrogen and oxygen atoms in total. The molecule has 2 N–H and O–H groups in total. The highest BCUT2D eigenvalue weighted by Crippen LogP contribution is 2.16. The van der Waals surface area contributed by atoms with Crippen molar-refractivity contribution >= 4 is 11.9 Å². The molecule has 0 aliphatic carbocycles. The van der Waals surface area contributed by atoms with Gasteiger partial charge in [-0.25, -0.2) is 4.79 Å². The van der Waals surface area contributed by atoms with Crippen molar-refractivity contribution in [3.8, 4) is 0 Å². The maximum Gasteiger partial charge on any atom is 0.333 e. The van der Waals surface area contributed by atoms with Gasteiger partial charge in [0.1, 0.15) is 0 Å².